The van der Waals surface area contributed by atoms with Crippen LogP contribution in [-0.4, -0.2) is 50.2 Å². The highest BCUT2D eigenvalue weighted by atomic mass is 32.2. The minimum atomic E-state index is -3.52. The van der Waals surface area contributed by atoms with Crippen LogP contribution in [0.5, 0.6) is 0 Å². The second-order valence-electron chi connectivity index (χ2n) is 7.69. The van der Waals surface area contributed by atoms with E-state index in [0.29, 0.717) is 12.2 Å². The maximum absolute atomic E-state index is 12.9. The summed E-state index contributed by atoms with van der Waals surface area (Å²) >= 11 is 1.64. The van der Waals surface area contributed by atoms with E-state index in [4.69, 9.17) is 0 Å². The maximum atomic E-state index is 12.9. The Kier molecular flexibility index (Phi) is 7.45. The van der Waals surface area contributed by atoms with Gasteiger partial charge in [0.15, 0.2) is 0 Å². The van der Waals surface area contributed by atoms with E-state index < -0.39 is 10.0 Å². The molecule has 2 aromatic rings. The summed E-state index contributed by atoms with van der Waals surface area (Å²) in [5.74, 6) is -0.127. The second kappa shape index (κ2) is 9.84. The maximum Gasteiger partial charge on any atom is 0.243 e. The van der Waals surface area contributed by atoms with Gasteiger partial charge in [0.1, 0.15) is 0 Å². The van der Waals surface area contributed by atoms with E-state index in [1.165, 1.54) is 16.3 Å². The molecule has 1 aliphatic carbocycles. The first-order valence-electron chi connectivity index (χ1n) is 9.94. The zero-order valence-electron chi connectivity index (χ0n) is 17.0. The lowest BCUT2D eigenvalue weighted by atomic mass is 9.96. The Hall–Kier alpha value is -1.74. The summed E-state index contributed by atoms with van der Waals surface area (Å²) in [6.45, 7) is 0.974. The largest absolute Gasteiger partial charge is 0.325 e. The smallest absolute Gasteiger partial charge is 0.243 e. The lowest BCUT2D eigenvalue weighted by Gasteiger charge is -2.30. The summed E-state index contributed by atoms with van der Waals surface area (Å²) in [6.07, 6.45) is 5.18. The number of sulfonamides is 1. The van der Waals surface area contributed by atoms with E-state index in [-0.39, 0.29) is 23.4 Å². The zero-order valence-corrected chi connectivity index (χ0v) is 18.6. The molecule has 0 radical (unpaired) electrons. The van der Waals surface area contributed by atoms with Crippen LogP contribution in [0.25, 0.3) is 0 Å². The van der Waals surface area contributed by atoms with Gasteiger partial charge in [-0.05, 0) is 66.5 Å². The lowest BCUT2D eigenvalue weighted by molar-refractivity contribution is -0.117. The summed E-state index contributed by atoms with van der Waals surface area (Å²) in [5, 5.41) is 6.92. The third-order valence-corrected chi connectivity index (χ3v) is 8.01. The highest BCUT2D eigenvalue weighted by Crippen LogP contribution is 2.27. The van der Waals surface area contributed by atoms with Crippen molar-refractivity contribution in [2.24, 2.45) is 0 Å². The summed E-state index contributed by atoms with van der Waals surface area (Å²) in [4.78, 5) is 14.5. The van der Waals surface area contributed by atoms with Gasteiger partial charge in [-0.3, -0.25) is 9.69 Å². The molecule has 1 saturated carbocycles. The average Bonchev–Trinajstić information content (AvgIpc) is 3.21. The molecular weight excluding hydrogens is 406 g/mol. The summed E-state index contributed by atoms with van der Waals surface area (Å²) < 4.78 is 27.3. The first-order chi connectivity index (χ1) is 13.9. The number of anilines is 1. The van der Waals surface area contributed by atoms with Gasteiger partial charge in [-0.1, -0.05) is 19.3 Å². The van der Waals surface area contributed by atoms with Crippen molar-refractivity contribution in [1.82, 2.24) is 9.21 Å². The van der Waals surface area contributed by atoms with Crippen LogP contribution in [0.4, 0.5) is 5.69 Å². The highest BCUT2D eigenvalue weighted by molar-refractivity contribution is 7.89. The second-order valence-corrected chi connectivity index (χ2v) is 10.5. The zero-order chi connectivity index (χ0) is 20.9. The molecule has 0 bridgehead atoms. The van der Waals surface area contributed by atoms with E-state index >= 15 is 0 Å². The third kappa shape index (κ3) is 5.88. The molecule has 158 valence electrons. The monoisotopic (exact) mass is 435 g/mol. The molecule has 1 aromatic carbocycles. The van der Waals surface area contributed by atoms with Crippen LogP contribution in [0.1, 0.15) is 37.7 Å². The predicted octanol–water partition coefficient (Wildman–Crippen LogP) is 3.77. The van der Waals surface area contributed by atoms with Crippen LogP contribution in [0.2, 0.25) is 0 Å². The molecule has 8 heteroatoms. The van der Waals surface area contributed by atoms with Crippen LogP contribution in [0, 0.1) is 0 Å². The van der Waals surface area contributed by atoms with E-state index in [0.717, 1.165) is 25.7 Å². The minimum Gasteiger partial charge on any atom is -0.325 e. The first-order valence-corrected chi connectivity index (χ1v) is 12.3. The standard InChI is InChI=1S/C21H29N3O3S2/c1-23(14-17-12-13-28-16-17)15-21(25)22-18-8-10-20(11-9-18)29(26,27)24(2)19-6-4-3-5-7-19/h8-13,16,19H,3-7,14-15H2,1-2H3,(H,22,25). The fourth-order valence-corrected chi connectivity index (χ4v) is 5.79. The van der Waals surface area contributed by atoms with Crippen molar-refractivity contribution < 1.29 is 13.2 Å². The van der Waals surface area contributed by atoms with E-state index in [1.807, 2.05) is 23.4 Å². The number of thiophene rings is 1. The van der Waals surface area contributed by atoms with Gasteiger partial charge in [-0.25, -0.2) is 8.42 Å². The van der Waals surface area contributed by atoms with Crippen molar-refractivity contribution in [3.05, 3.63) is 46.7 Å². The molecule has 1 heterocycles. The molecule has 29 heavy (non-hydrogen) atoms. The van der Waals surface area contributed by atoms with Crippen LogP contribution >= 0.6 is 11.3 Å². The van der Waals surface area contributed by atoms with Crippen LogP contribution in [0.3, 0.4) is 0 Å². The quantitative estimate of drug-likeness (QED) is 0.685. The molecule has 0 saturated heterocycles. The molecule has 0 unspecified atom stereocenters. The van der Waals surface area contributed by atoms with Gasteiger partial charge in [0.25, 0.3) is 0 Å². The van der Waals surface area contributed by atoms with Gasteiger partial charge in [0, 0.05) is 25.3 Å². The average molecular weight is 436 g/mol. The van der Waals surface area contributed by atoms with Gasteiger partial charge < -0.3 is 5.32 Å². The van der Waals surface area contributed by atoms with E-state index in [2.05, 4.69) is 10.7 Å². The van der Waals surface area contributed by atoms with Crippen molar-refractivity contribution in [2.45, 2.75) is 49.6 Å². The van der Waals surface area contributed by atoms with Gasteiger partial charge in [-0.15, -0.1) is 0 Å². The Morgan fingerprint density at radius 1 is 1.10 bits per heavy atom. The molecule has 1 aromatic heterocycles. The van der Waals surface area contributed by atoms with Gasteiger partial charge >= 0.3 is 0 Å². The molecule has 3 rings (SSSR count). The molecule has 0 spiro atoms. The Balaban J connectivity index is 1.56. The number of likely N-dealkylation sites (N-methyl/N-ethyl adjacent to an activating group) is 1. The first kappa shape index (κ1) is 22.0. The number of carbonyl (C=O) groups excluding carboxylic acids is 1. The topological polar surface area (TPSA) is 69.7 Å². The van der Waals surface area contributed by atoms with E-state index in [1.54, 1.807) is 42.6 Å². The molecule has 0 atom stereocenters. The summed E-state index contributed by atoms with van der Waals surface area (Å²) in [7, 11) is 0.0493. The Morgan fingerprint density at radius 2 is 1.79 bits per heavy atom. The number of nitrogens with zero attached hydrogens (tertiary/aromatic N) is 2. The number of hydrogen-bond acceptors (Lipinski definition) is 5. The molecule has 1 N–H and O–H groups in total. The van der Waals surface area contributed by atoms with Crippen LogP contribution < -0.4 is 5.32 Å². The SMILES string of the molecule is CN(CC(=O)Nc1ccc(S(=O)(=O)N(C)C2CCCCC2)cc1)Cc1ccsc1. The van der Waals surface area contributed by atoms with Crippen molar-refractivity contribution in [3.8, 4) is 0 Å². The fourth-order valence-electron chi connectivity index (χ4n) is 3.71. The molecular formula is C21H29N3O3S2. The predicted molar refractivity (Wildman–Crippen MR) is 118 cm³/mol. The van der Waals surface area contributed by atoms with Crippen molar-refractivity contribution in [3.63, 3.8) is 0 Å². The third-order valence-electron chi connectivity index (χ3n) is 5.35. The molecule has 6 nitrogen and oxygen atoms in total. The Labute approximate surface area is 177 Å². The van der Waals surface area contributed by atoms with Crippen molar-refractivity contribution in [2.75, 3.05) is 26.0 Å². The van der Waals surface area contributed by atoms with E-state index in [9.17, 15) is 13.2 Å². The van der Waals surface area contributed by atoms with Crippen molar-refractivity contribution >= 4 is 33.0 Å². The van der Waals surface area contributed by atoms with Crippen LogP contribution in [-0.2, 0) is 21.4 Å². The number of amides is 1. The molecule has 1 amide bonds. The van der Waals surface area contributed by atoms with Crippen molar-refractivity contribution in [1.29, 1.82) is 0 Å². The fraction of sp³-hybridized carbons (Fsp3) is 0.476. The summed E-state index contributed by atoms with van der Waals surface area (Å²) in [6, 6.07) is 8.56. The number of nitrogens with one attached hydrogen (secondary N) is 1. The highest BCUT2D eigenvalue weighted by Gasteiger charge is 2.28. The Morgan fingerprint density at radius 3 is 2.41 bits per heavy atom. The number of carbonyl (C=O) groups is 1. The normalized spacial score (nSPS) is 15.7. The van der Waals surface area contributed by atoms with Gasteiger partial charge in [0.2, 0.25) is 15.9 Å². The van der Waals surface area contributed by atoms with Crippen LogP contribution in [0.15, 0.2) is 46.0 Å². The molecule has 0 aliphatic heterocycles. The molecule has 1 aliphatic rings. The summed E-state index contributed by atoms with van der Waals surface area (Å²) in [5.41, 5.74) is 1.78. The van der Waals surface area contributed by atoms with Gasteiger partial charge in [0.05, 0.1) is 11.4 Å². The number of benzene rings is 1. The number of rotatable bonds is 8. The molecule has 1 fully saturated rings. The lowest BCUT2D eigenvalue weighted by Crippen LogP contribution is -2.38. The minimum absolute atomic E-state index is 0.0758. The van der Waals surface area contributed by atoms with Gasteiger partial charge in [-0.2, -0.15) is 15.6 Å². The number of hydrogen-bond donors (Lipinski definition) is 1. The Bertz CT molecular complexity index is 890.